The summed E-state index contributed by atoms with van der Waals surface area (Å²) in [6.07, 6.45) is 4.38. The molecule has 3 heterocycles. The van der Waals surface area contributed by atoms with Gasteiger partial charge in [-0.15, -0.1) is 11.3 Å². The van der Waals surface area contributed by atoms with Gasteiger partial charge in [0.15, 0.2) is 5.13 Å². The van der Waals surface area contributed by atoms with E-state index in [4.69, 9.17) is 9.15 Å². The molecule has 0 bridgehead atoms. The highest BCUT2D eigenvalue weighted by Gasteiger charge is 2.36. The Morgan fingerprint density at radius 2 is 2.23 bits per heavy atom. The summed E-state index contributed by atoms with van der Waals surface area (Å²) in [6, 6.07) is 3.92. The van der Waals surface area contributed by atoms with Crippen molar-refractivity contribution in [3.63, 3.8) is 0 Å². The molecule has 6 nitrogen and oxygen atoms in total. The third-order valence-electron chi connectivity index (χ3n) is 4.79. The van der Waals surface area contributed by atoms with Crippen LogP contribution in [-0.4, -0.2) is 42.1 Å². The molecular formula is C19H23N3O3S. The molecule has 1 amide bonds. The molecule has 1 saturated heterocycles. The number of rotatable bonds is 6. The first kappa shape index (κ1) is 17.5. The van der Waals surface area contributed by atoms with Crippen molar-refractivity contribution in [2.24, 2.45) is 5.92 Å². The van der Waals surface area contributed by atoms with Crippen LogP contribution in [0.5, 0.6) is 0 Å². The van der Waals surface area contributed by atoms with Crippen molar-refractivity contribution >= 4 is 28.5 Å². The first-order chi connectivity index (χ1) is 12.7. The predicted molar refractivity (Wildman–Crippen MR) is 101 cm³/mol. The molecule has 2 atom stereocenters. The van der Waals surface area contributed by atoms with E-state index in [0.29, 0.717) is 22.7 Å². The van der Waals surface area contributed by atoms with Gasteiger partial charge in [-0.2, -0.15) is 0 Å². The number of aromatic nitrogens is 1. The highest BCUT2D eigenvalue weighted by Crippen LogP contribution is 2.47. The molecule has 0 unspecified atom stereocenters. The number of furan rings is 1. The summed E-state index contributed by atoms with van der Waals surface area (Å²) in [5.74, 6) is 2.78. The Morgan fingerprint density at radius 1 is 1.42 bits per heavy atom. The van der Waals surface area contributed by atoms with E-state index in [1.165, 1.54) is 23.8 Å². The van der Waals surface area contributed by atoms with Crippen LogP contribution in [0.1, 0.15) is 36.5 Å². The standard InChI is InChI=1S/C19H23N3O3S/c1-13-10-16(13)17-4-2-15(25-17)3-5-18(23)21-19-20-14(12-26-19)11-22-6-8-24-9-7-22/h2-5,12-13,16H,6-11H2,1H3,(H,20,21,23)/b5-3+/t13-,16-/m1/s1. The summed E-state index contributed by atoms with van der Waals surface area (Å²) >= 11 is 1.45. The van der Waals surface area contributed by atoms with Crippen LogP contribution in [0.4, 0.5) is 5.13 Å². The van der Waals surface area contributed by atoms with Crippen molar-refractivity contribution in [3.05, 3.63) is 40.8 Å². The van der Waals surface area contributed by atoms with Crippen molar-refractivity contribution in [2.75, 3.05) is 31.6 Å². The van der Waals surface area contributed by atoms with Crippen LogP contribution in [0, 0.1) is 5.92 Å². The number of ether oxygens (including phenoxy) is 1. The Bertz CT molecular complexity index is 792. The van der Waals surface area contributed by atoms with Gasteiger partial charge in [0.1, 0.15) is 11.5 Å². The fraction of sp³-hybridized carbons (Fsp3) is 0.474. The Hall–Kier alpha value is -1.96. The van der Waals surface area contributed by atoms with Crippen LogP contribution in [-0.2, 0) is 16.1 Å². The minimum absolute atomic E-state index is 0.199. The number of hydrogen-bond donors (Lipinski definition) is 1. The average molecular weight is 373 g/mol. The van der Waals surface area contributed by atoms with E-state index in [-0.39, 0.29) is 5.91 Å². The number of carbonyl (C=O) groups excluding carboxylic acids is 1. The van der Waals surface area contributed by atoms with Gasteiger partial charge >= 0.3 is 0 Å². The minimum Gasteiger partial charge on any atom is -0.461 e. The smallest absolute Gasteiger partial charge is 0.250 e. The Labute approximate surface area is 156 Å². The van der Waals surface area contributed by atoms with Crippen LogP contribution in [0.25, 0.3) is 6.08 Å². The summed E-state index contributed by atoms with van der Waals surface area (Å²) < 4.78 is 11.1. The largest absolute Gasteiger partial charge is 0.461 e. The molecule has 2 fully saturated rings. The van der Waals surface area contributed by atoms with Crippen molar-refractivity contribution < 1.29 is 13.9 Å². The van der Waals surface area contributed by atoms with E-state index in [1.54, 1.807) is 6.08 Å². The predicted octanol–water partition coefficient (Wildman–Crippen LogP) is 3.34. The number of hydrogen-bond acceptors (Lipinski definition) is 6. The van der Waals surface area contributed by atoms with Gasteiger partial charge in [0, 0.05) is 37.0 Å². The van der Waals surface area contributed by atoms with Gasteiger partial charge in [-0.1, -0.05) is 6.92 Å². The van der Waals surface area contributed by atoms with Crippen LogP contribution in [0.3, 0.4) is 0 Å². The zero-order chi connectivity index (χ0) is 17.9. The number of carbonyl (C=O) groups is 1. The van der Waals surface area contributed by atoms with E-state index in [2.05, 4.69) is 22.1 Å². The minimum atomic E-state index is -0.199. The molecule has 0 spiro atoms. The summed E-state index contributed by atoms with van der Waals surface area (Å²) in [5, 5.41) is 5.43. The molecule has 26 heavy (non-hydrogen) atoms. The molecule has 1 aliphatic heterocycles. The second-order valence-electron chi connectivity index (χ2n) is 6.91. The van der Waals surface area contributed by atoms with Crippen LogP contribution < -0.4 is 5.32 Å². The van der Waals surface area contributed by atoms with Crippen LogP contribution in [0.2, 0.25) is 0 Å². The molecule has 7 heteroatoms. The Morgan fingerprint density at radius 3 is 3.00 bits per heavy atom. The summed E-state index contributed by atoms with van der Waals surface area (Å²) in [4.78, 5) is 18.9. The second-order valence-corrected chi connectivity index (χ2v) is 7.77. The van der Waals surface area contributed by atoms with Gasteiger partial charge in [-0.25, -0.2) is 4.98 Å². The third-order valence-corrected chi connectivity index (χ3v) is 5.60. The number of thiazole rings is 1. The highest BCUT2D eigenvalue weighted by molar-refractivity contribution is 7.13. The second kappa shape index (κ2) is 7.73. The Kier molecular flexibility index (Phi) is 5.19. The molecule has 2 aliphatic rings. The Balaban J connectivity index is 1.28. The first-order valence-electron chi connectivity index (χ1n) is 9.00. The quantitative estimate of drug-likeness (QED) is 0.787. The number of nitrogens with zero attached hydrogens (tertiary/aromatic N) is 2. The fourth-order valence-electron chi connectivity index (χ4n) is 3.11. The van der Waals surface area contributed by atoms with E-state index in [9.17, 15) is 4.79 Å². The first-order valence-corrected chi connectivity index (χ1v) is 9.88. The monoisotopic (exact) mass is 373 g/mol. The van der Waals surface area contributed by atoms with Gasteiger partial charge < -0.3 is 9.15 Å². The fourth-order valence-corrected chi connectivity index (χ4v) is 3.81. The number of anilines is 1. The van der Waals surface area contributed by atoms with Crippen LogP contribution in [0.15, 0.2) is 28.0 Å². The maximum Gasteiger partial charge on any atom is 0.250 e. The molecule has 1 saturated carbocycles. The maximum atomic E-state index is 12.1. The maximum absolute atomic E-state index is 12.1. The molecule has 0 radical (unpaired) electrons. The molecular weight excluding hydrogens is 350 g/mol. The average Bonchev–Trinajstić information content (AvgIpc) is 3.02. The topological polar surface area (TPSA) is 67.6 Å². The lowest BCUT2D eigenvalue weighted by Gasteiger charge is -2.25. The molecule has 138 valence electrons. The SMILES string of the molecule is C[C@@H]1C[C@H]1c1ccc(/C=C/C(=O)Nc2nc(CN3CCOCC3)cs2)o1. The number of amides is 1. The van der Waals surface area contributed by atoms with Crippen LogP contribution >= 0.6 is 11.3 Å². The summed E-state index contributed by atoms with van der Waals surface area (Å²) in [5.41, 5.74) is 0.977. The van der Waals surface area contributed by atoms with Crippen molar-refractivity contribution in [1.82, 2.24) is 9.88 Å². The summed E-state index contributed by atoms with van der Waals surface area (Å²) in [7, 11) is 0. The molecule has 2 aromatic heterocycles. The van der Waals surface area contributed by atoms with Gasteiger partial charge in [0.25, 0.3) is 0 Å². The number of nitrogens with one attached hydrogen (secondary N) is 1. The lowest BCUT2D eigenvalue weighted by atomic mass is 10.3. The highest BCUT2D eigenvalue weighted by atomic mass is 32.1. The van der Waals surface area contributed by atoms with Crippen molar-refractivity contribution in [2.45, 2.75) is 25.8 Å². The molecule has 0 aromatic carbocycles. The lowest BCUT2D eigenvalue weighted by Crippen LogP contribution is -2.35. The van der Waals surface area contributed by atoms with Gasteiger partial charge in [-0.3, -0.25) is 15.0 Å². The number of morpholine rings is 1. The lowest BCUT2D eigenvalue weighted by molar-refractivity contribution is -0.111. The van der Waals surface area contributed by atoms with E-state index < -0.39 is 0 Å². The zero-order valence-corrected chi connectivity index (χ0v) is 15.6. The molecule has 1 aliphatic carbocycles. The molecule has 2 aromatic rings. The van der Waals surface area contributed by atoms with E-state index in [1.807, 2.05) is 17.5 Å². The van der Waals surface area contributed by atoms with Gasteiger partial charge in [0.2, 0.25) is 5.91 Å². The van der Waals surface area contributed by atoms with Crippen molar-refractivity contribution in [3.8, 4) is 0 Å². The molecule has 4 rings (SSSR count). The molecule has 1 N–H and O–H groups in total. The zero-order valence-electron chi connectivity index (χ0n) is 14.8. The van der Waals surface area contributed by atoms with E-state index in [0.717, 1.165) is 44.3 Å². The normalized spacial score (nSPS) is 23.4. The van der Waals surface area contributed by atoms with Crippen molar-refractivity contribution in [1.29, 1.82) is 0 Å². The third kappa shape index (κ3) is 4.41. The summed E-state index contributed by atoms with van der Waals surface area (Å²) in [6.45, 7) is 6.40. The van der Waals surface area contributed by atoms with E-state index >= 15 is 0 Å². The van der Waals surface area contributed by atoms with Gasteiger partial charge in [-0.05, 0) is 30.5 Å². The van der Waals surface area contributed by atoms with Gasteiger partial charge in [0.05, 0.1) is 18.9 Å².